The average molecular weight is 247 g/mol. The lowest BCUT2D eigenvalue weighted by atomic mass is 9.85. The molecule has 3 heteroatoms. The maximum atomic E-state index is 9.40. The van der Waals surface area contributed by atoms with Crippen molar-refractivity contribution in [3.05, 3.63) is 30.3 Å². The van der Waals surface area contributed by atoms with Crippen molar-refractivity contribution in [2.75, 3.05) is 7.11 Å². The molecule has 1 aliphatic carbocycles. The molecular weight excluding hydrogens is 230 g/mol. The molecule has 0 bridgehead atoms. The van der Waals surface area contributed by atoms with Crippen LogP contribution in [0.15, 0.2) is 35.2 Å². The molecule has 0 heterocycles. The fourth-order valence-corrected chi connectivity index (χ4v) is 3.72. The normalized spacial score (nSPS) is 28.6. The Balaban J connectivity index is 2.15. The second kappa shape index (κ2) is 5.57. The average Bonchev–Trinajstić information content (AvgIpc) is 2.41. The van der Waals surface area contributed by atoms with E-state index in [1.165, 1.54) is 11.3 Å². The number of methoxy groups -OCH3 is 1. The van der Waals surface area contributed by atoms with Gasteiger partial charge in [0, 0.05) is 12.0 Å². The second-order valence-corrected chi connectivity index (χ2v) is 5.65. The fourth-order valence-electron chi connectivity index (χ4n) is 2.34. The number of benzene rings is 1. The van der Waals surface area contributed by atoms with Gasteiger partial charge < -0.3 is 4.74 Å². The predicted octanol–water partition coefficient (Wildman–Crippen LogP) is 3.63. The van der Waals surface area contributed by atoms with Crippen LogP contribution in [0.25, 0.3) is 0 Å². The molecule has 2 nitrogen and oxygen atoms in total. The molecule has 1 aromatic carbocycles. The molecule has 17 heavy (non-hydrogen) atoms. The summed E-state index contributed by atoms with van der Waals surface area (Å²) in [6.45, 7) is 0. The molecule has 1 saturated carbocycles. The Labute approximate surface area is 107 Å². The molecule has 90 valence electrons. The Morgan fingerprint density at radius 3 is 2.76 bits per heavy atom. The van der Waals surface area contributed by atoms with Gasteiger partial charge in [-0.3, -0.25) is 0 Å². The molecule has 0 aromatic heterocycles. The lowest BCUT2D eigenvalue weighted by Crippen LogP contribution is -2.43. The zero-order valence-corrected chi connectivity index (χ0v) is 10.9. The molecule has 0 aliphatic heterocycles. The van der Waals surface area contributed by atoms with Gasteiger partial charge in [0.25, 0.3) is 0 Å². The first-order valence-electron chi connectivity index (χ1n) is 5.99. The summed E-state index contributed by atoms with van der Waals surface area (Å²) >= 11 is 1.77. The number of thioether (sulfide) groups is 1. The van der Waals surface area contributed by atoms with Gasteiger partial charge in [0.15, 0.2) is 5.60 Å². The maximum absolute atomic E-state index is 9.40. The first-order valence-corrected chi connectivity index (χ1v) is 6.87. The minimum Gasteiger partial charge on any atom is -0.362 e. The lowest BCUT2D eigenvalue weighted by molar-refractivity contribution is 0.0143. The van der Waals surface area contributed by atoms with E-state index < -0.39 is 5.60 Å². The summed E-state index contributed by atoms with van der Waals surface area (Å²) in [6, 6.07) is 12.7. The van der Waals surface area contributed by atoms with Crippen LogP contribution in [0.2, 0.25) is 0 Å². The summed E-state index contributed by atoms with van der Waals surface area (Å²) in [7, 11) is 1.66. The van der Waals surface area contributed by atoms with Gasteiger partial charge in [-0.05, 0) is 31.4 Å². The smallest absolute Gasteiger partial charge is 0.165 e. The Morgan fingerprint density at radius 1 is 1.35 bits per heavy atom. The van der Waals surface area contributed by atoms with E-state index in [-0.39, 0.29) is 5.25 Å². The van der Waals surface area contributed by atoms with Crippen molar-refractivity contribution in [1.29, 1.82) is 5.26 Å². The van der Waals surface area contributed by atoms with Gasteiger partial charge in [0.1, 0.15) is 0 Å². The lowest BCUT2D eigenvalue weighted by Gasteiger charge is -2.37. The molecule has 1 fully saturated rings. The number of nitriles is 1. The predicted molar refractivity (Wildman–Crippen MR) is 69.9 cm³/mol. The maximum Gasteiger partial charge on any atom is 0.165 e. The van der Waals surface area contributed by atoms with Crippen LogP contribution in [0.3, 0.4) is 0 Å². The highest BCUT2D eigenvalue weighted by atomic mass is 32.2. The molecule has 1 aromatic rings. The number of rotatable bonds is 3. The van der Waals surface area contributed by atoms with Crippen LogP contribution in [-0.2, 0) is 4.74 Å². The molecule has 0 radical (unpaired) electrons. The molecule has 0 N–H and O–H groups in total. The van der Waals surface area contributed by atoms with Gasteiger partial charge in [-0.2, -0.15) is 5.26 Å². The highest BCUT2D eigenvalue weighted by Crippen LogP contribution is 2.41. The number of ether oxygens (including phenoxy) is 1. The first kappa shape index (κ1) is 12.5. The third-order valence-electron chi connectivity index (χ3n) is 3.36. The van der Waals surface area contributed by atoms with Crippen molar-refractivity contribution < 1.29 is 4.74 Å². The van der Waals surface area contributed by atoms with Crippen LogP contribution in [0.4, 0.5) is 0 Å². The number of hydrogen-bond donors (Lipinski definition) is 0. The van der Waals surface area contributed by atoms with Crippen LogP contribution in [-0.4, -0.2) is 18.0 Å². The summed E-state index contributed by atoms with van der Waals surface area (Å²) in [4.78, 5) is 1.22. The van der Waals surface area contributed by atoms with Crippen molar-refractivity contribution in [2.24, 2.45) is 0 Å². The molecule has 0 saturated heterocycles. The minimum atomic E-state index is -0.598. The zero-order valence-electron chi connectivity index (χ0n) is 10.1. The van der Waals surface area contributed by atoms with E-state index in [2.05, 4.69) is 18.2 Å². The Kier molecular flexibility index (Phi) is 4.09. The Bertz CT molecular complexity index is 400. The highest BCUT2D eigenvalue weighted by molar-refractivity contribution is 8.00. The van der Waals surface area contributed by atoms with E-state index in [1.54, 1.807) is 18.9 Å². The minimum absolute atomic E-state index is 0.244. The standard InChI is InChI=1S/C14H17NOS/c1-16-14(11-15)10-6-5-9-13(14)17-12-7-3-2-4-8-12/h2-4,7-8,13H,5-6,9-10H2,1H3/t13-,14-/m0/s1. The quantitative estimate of drug-likeness (QED) is 0.817. The van der Waals surface area contributed by atoms with Crippen LogP contribution >= 0.6 is 11.8 Å². The molecule has 0 amide bonds. The molecule has 0 unspecified atom stereocenters. The van der Waals surface area contributed by atoms with Crippen LogP contribution < -0.4 is 0 Å². The highest BCUT2D eigenvalue weighted by Gasteiger charge is 2.41. The van der Waals surface area contributed by atoms with Gasteiger partial charge in [0.2, 0.25) is 0 Å². The fraction of sp³-hybridized carbons (Fsp3) is 0.500. The topological polar surface area (TPSA) is 33.0 Å². The van der Waals surface area contributed by atoms with E-state index in [0.717, 1.165) is 19.3 Å². The summed E-state index contributed by atoms with van der Waals surface area (Å²) in [5, 5.41) is 9.65. The van der Waals surface area contributed by atoms with Crippen molar-refractivity contribution >= 4 is 11.8 Å². The molecular formula is C14H17NOS. The van der Waals surface area contributed by atoms with Gasteiger partial charge in [0.05, 0.1) is 11.3 Å². The van der Waals surface area contributed by atoms with Crippen molar-refractivity contribution in [1.82, 2.24) is 0 Å². The van der Waals surface area contributed by atoms with E-state index in [9.17, 15) is 5.26 Å². The van der Waals surface area contributed by atoms with E-state index in [0.29, 0.717) is 0 Å². The molecule has 1 aliphatic rings. The monoisotopic (exact) mass is 247 g/mol. The SMILES string of the molecule is CO[C@]1(C#N)CCCC[C@@H]1Sc1ccccc1. The number of nitrogens with zero attached hydrogens (tertiary/aromatic N) is 1. The van der Waals surface area contributed by atoms with Gasteiger partial charge in [-0.15, -0.1) is 11.8 Å². The third kappa shape index (κ3) is 2.65. The molecule has 2 atom stereocenters. The second-order valence-electron chi connectivity index (χ2n) is 4.37. The van der Waals surface area contributed by atoms with Crippen molar-refractivity contribution in [2.45, 2.75) is 41.4 Å². The van der Waals surface area contributed by atoms with E-state index in [4.69, 9.17) is 4.74 Å². The van der Waals surface area contributed by atoms with Crippen LogP contribution in [0.1, 0.15) is 25.7 Å². The van der Waals surface area contributed by atoms with Gasteiger partial charge in [-0.1, -0.05) is 24.6 Å². The molecule has 2 rings (SSSR count). The zero-order chi connectivity index (χ0) is 12.1. The summed E-state index contributed by atoms with van der Waals surface area (Å²) < 4.78 is 5.53. The summed E-state index contributed by atoms with van der Waals surface area (Å²) in [5.74, 6) is 0. The molecule has 0 spiro atoms. The van der Waals surface area contributed by atoms with E-state index >= 15 is 0 Å². The van der Waals surface area contributed by atoms with Crippen molar-refractivity contribution in [3.8, 4) is 6.07 Å². The first-order chi connectivity index (χ1) is 8.30. The van der Waals surface area contributed by atoms with Crippen LogP contribution in [0.5, 0.6) is 0 Å². The Hall–Kier alpha value is -0.980. The van der Waals surface area contributed by atoms with Crippen LogP contribution in [0, 0.1) is 11.3 Å². The van der Waals surface area contributed by atoms with Crippen molar-refractivity contribution in [3.63, 3.8) is 0 Å². The van der Waals surface area contributed by atoms with Gasteiger partial charge >= 0.3 is 0 Å². The number of hydrogen-bond acceptors (Lipinski definition) is 3. The summed E-state index contributed by atoms with van der Waals surface area (Å²) in [5.41, 5.74) is -0.598. The third-order valence-corrected chi connectivity index (χ3v) is 4.80. The van der Waals surface area contributed by atoms with Gasteiger partial charge in [-0.25, -0.2) is 0 Å². The summed E-state index contributed by atoms with van der Waals surface area (Å²) in [6.07, 6.45) is 4.19. The van der Waals surface area contributed by atoms with E-state index in [1.807, 2.05) is 18.2 Å². The Morgan fingerprint density at radius 2 is 2.12 bits per heavy atom. The largest absolute Gasteiger partial charge is 0.362 e.